The highest BCUT2D eigenvalue weighted by Crippen LogP contribution is 2.07. The van der Waals surface area contributed by atoms with Crippen LogP contribution in [0.3, 0.4) is 0 Å². The van der Waals surface area contributed by atoms with E-state index in [0.717, 1.165) is 31.9 Å². The Kier molecular flexibility index (Phi) is 7.56. The van der Waals surface area contributed by atoms with Crippen LogP contribution >= 0.6 is 0 Å². The Labute approximate surface area is 126 Å². The molecule has 3 N–H and O–H groups in total. The summed E-state index contributed by atoms with van der Waals surface area (Å²) in [6, 6.07) is -0.319. The summed E-state index contributed by atoms with van der Waals surface area (Å²) in [4.78, 5) is 28.6. The Hall–Kier alpha value is -1.79. The van der Waals surface area contributed by atoms with Crippen molar-refractivity contribution in [1.82, 2.24) is 20.9 Å². The minimum Gasteiger partial charge on any atom is -0.357 e. The fourth-order valence-electron chi connectivity index (χ4n) is 2.08. The molecule has 3 amide bonds. The number of guanidine groups is 1. The Morgan fingerprint density at radius 2 is 2.00 bits per heavy atom. The van der Waals surface area contributed by atoms with Crippen molar-refractivity contribution in [2.75, 3.05) is 32.7 Å². The van der Waals surface area contributed by atoms with Crippen molar-refractivity contribution < 1.29 is 9.59 Å². The fraction of sp³-hybridized carbons (Fsp3) is 0.786. The van der Waals surface area contributed by atoms with E-state index in [0.29, 0.717) is 19.0 Å². The van der Waals surface area contributed by atoms with E-state index in [9.17, 15) is 9.59 Å². The van der Waals surface area contributed by atoms with Crippen LogP contribution in [-0.4, -0.2) is 55.5 Å². The molecule has 0 saturated carbocycles. The number of amides is 3. The molecule has 0 unspecified atom stereocenters. The van der Waals surface area contributed by atoms with Crippen LogP contribution in [0.1, 0.15) is 33.6 Å². The molecule has 0 spiro atoms. The van der Waals surface area contributed by atoms with Gasteiger partial charge in [-0.1, -0.05) is 26.7 Å². The zero-order valence-corrected chi connectivity index (χ0v) is 13.2. The van der Waals surface area contributed by atoms with Gasteiger partial charge < -0.3 is 16.0 Å². The number of hydrogen-bond donors (Lipinski definition) is 3. The number of imide groups is 1. The van der Waals surface area contributed by atoms with Crippen LogP contribution in [0.25, 0.3) is 0 Å². The minimum absolute atomic E-state index is 0.0989. The first-order chi connectivity index (χ1) is 10.1. The van der Waals surface area contributed by atoms with E-state index >= 15 is 0 Å². The molecule has 1 aliphatic rings. The molecule has 21 heavy (non-hydrogen) atoms. The van der Waals surface area contributed by atoms with Gasteiger partial charge in [0.15, 0.2) is 5.96 Å². The lowest BCUT2D eigenvalue weighted by molar-refractivity contribution is -0.124. The second kappa shape index (κ2) is 9.20. The Balaban J connectivity index is 2.41. The van der Waals surface area contributed by atoms with Crippen LogP contribution in [-0.2, 0) is 4.79 Å². The maximum Gasteiger partial charge on any atom is 0.324 e. The third-order valence-corrected chi connectivity index (χ3v) is 3.57. The summed E-state index contributed by atoms with van der Waals surface area (Å²) in [5.74, 6) is 1.14. The van der Waals surface area contributed by atoms with Gasteiger partial charge in [0.05, 0.1) is 6.54 Å². The maximum absolute atomic E-state index is 11.4. The van der Waals surface area contributed by atoms with Crippen LogP contribution in [0.5, 0.6) is 0 Å². The first-order valence-electron chi connectivity index (χ1n) is 7.72. The quantitative estimate of drug-likeness (QED) is 0.346. The van der Waals surface area contributed by atoms with Crippen LogP contribution in [0.4, 0.5) is 4.79 Å². The normalized spacial score (nSPS) is 15.6. The molecule has 1 fully saturated rings. The summed E-state index contributed by atoms with van der Waals surface area (Å²) in [5.41, 5.74) is 0. The summed E-state index contributed by atoms with van der Waals surface area (Å²) >= 11 is 0. The Bertz CT molecular complexity index is 364. The number of rotatable bonds is 8. The SMILES string of the molecule is CCNC(=NCC(CC)CC)NCCN1C(=O)CNC1=O. The lowest BCUT2D eigenvalue weighted by Gasteiger charge is -2.16. The molecule has 7 nitrogen and oxygen atoms in total. The second-order valence-electron chi connectivity index (χ2n) is 5.03. The molecule has 120 valence electrons. The molecular weight excluding hydrogens is 270 g/mol. The maximum atomic E-state index is 11.4. The highest BCUT2D eigenvalue weighted by molar-refractivity contribution is 6.01. The van der Waals surface area contributed by atoms with Crippen LogP contribution in [0, 0.1) is 5.92 Å². The van der Waals surface area contributed by atoms with E-state index in [-0.39, 0.29) is 18.5 Å². The van der Waals surface area contributed by atoms with Crippen LogP contribution in [0.15, 0.2) is 4.99 Å². The van der Waals surface area contributed by atoms with E-state index in [1.807, 2.05) is 6.92 Å². The van der Waals surface area contributed by atoms with E-state index in [1.54, 1.807) is 0 Å². The van der Waals surface area contributed by atoms with Gasteiger partial charge in [-0.15, -0.1) is 0 Å². The monoisotopic (exact) mass is 297 g/mol. The molecule has 0 bridgehead atoms. The Morgan fingerprint density at radius 3 is 2.52 bits per heavy atom. The molecule has 1 aliphatic heterocycles. The third kappa shape index (κ3) is 5.61. The lowest BCUT2D eigenvalue weighted by Crippen LogP contribution is -2.43. The van der Waals surface area contributed by atoms with Gasteiger partial charge in [-0.05, 0) is 12.8 Å². The molecule has 7 heteroatoms. The number of nitrogens with zero attached hydrogens (tertiary/aromatic N) is 2. The Morgan fingerprint density at radius 1 is 1.29 bits per heavy atom. The minimum atomic E-state index is -0.319. The van der Waals surface area contributed by atoms with E-state index < -0.39 is 0 Å². The van der Waals surface area contributed by atoms with Crippen LogP contribution < -0.4 is 16.0 Å². The lowest BCUT2D eigenvalue weighted by atomic mass is 10.0. The topological polar surface area (TPSA) is 85.8 Å². The molecule has 0 aromatic rings. The largest absolute Gasteiger partial charge is 0.357 e. The van der Waals surface area contributed by atoms with Crippen molar-refractivity contribution in [3.05, 3.63) is 0 Å². The van der Waals surface area contributed by atoms with Gasteiger partial charge in [-0.2, -0.15) is 0 Å². The molecule has 1 heterocycles. The van der Waals surface area contributed by atoms with Crippen molar-refractivity contribution in [3.8, 4) is 0 Å². The summed E-state index contributed by atoms with van der Waals surface area (Å²) in [5, 5.41) is 8.83. The summed E-state index contributed by atoms with van der Waals surface area (Å²) in [6.07, 6.45) is 2.23. The predicted octanol–water partition coefficient (Wildman–Crippen LogP) is 0.530. The molecule has 0 aliphatic carbocycles. The van der Waals surface area contributed by atoms with Crippen molar-refractivity contribution in [1.29, 1.82) is 0 Å². The predicted molar refractivity (Wildman–Crippen MR) is 83.2 cm³/mol. The first kappa shape index (κ1) is 17.3. The van der Waals surface area contributed by atoms with E-state index in [1.165, 1.54) is 4.90 Å². The van der Waals surface area contributed by atoms with Gasteiger partial charge in [0.2, 0.25) is 5.91 Å². The first-order valence-corrected chi connectivity index (χ1v) is 7.72. The van der Waals surface area contributed by atoms with E-state index in [4.69, 9.17) is 0 Å². The van der Waals surface area contributed by atoms with Crippen molar-refractivity contribution in [2.45, 2.75) is 33.6 Å². The molecule has 0 radical (unpaired) electrons. The number of urea groups is 1. The molecule has 0 aromatic heterocycles. The van der Waals surface area contributed by atoms with Gasteiger partial charge in [-0.25, -0.2) is 4.79 Å². The fourth-order valence-corrected chi connectivity index (χ4v) is 2.08. The zero-order valence-electron chi connectivity index (χ0n) is 13.2. The second-order valence-corrected chi connectivity index (χ2v) is 5.03. The molecule has 1 saturated heterocycles. The molecule has 0 aromatic carbocycles. The number of nitrogens with one attached hydrogen (secondary N) is 3. The van der Waals surface area contributed by atoms with Gasteiger partial charge in [-0.3, -0.25) is 14.7 Å². The third-order valence-electron chi connectivity index (χ3n) is 3.57. The van der Waals surface area contributed by atoms with Crippen molar-refractivity contribution in [3.63, 3.8) is 0 Å². The summed E-state index contributed by atoms with van der Waals surface area (Å²) in [6.45, 7) is 8.84. The molecule has 0 atom stereocenters. The number of aliphatic imine (C=N–C) groups is 1. The standard InChI is InChI=1S/C14H27N5O2/c1-4-11(5-2)9-17-13(15-6-3)16-7-8-19-12(20)10-18-14(19)21/h11H,4-10H2,1-3H3,(H,18,21)(H2,15,16,17). The average Bonchev–Trinajstić information content (AvgIpc) is 2.79. The number of carbonyl (C=O) groups is 2. The smallest absolute Gasteiger partial charge is 0.324 e. The van der Waals surface area contributed by atoms with Crippen molar-refractivity contribution >= 4 is 17.9 Å². The average molecular weight is 297 g/mol. The van der Waals surface area contributed by atoms with Gasteiger partial charge >= 0.3 is 6.03 Å². The number of carbonyl (C=O) groups excluding carboxylic acids is 2. The van der Waals surface area contributed by atoms with Gasteiger partial charge in [0.1, 0.15) is 0 Å². The molecule has 1 rings (SSSR count). The zero-order chi connectivity index (χ0) is 15.7. The van der Waals surface area contributed by atoms with Crippen LogP contribution in [0.2, 0.25) is 0 Å². The summed E-state index contributed by atoms with van der Waals surface area (Å²) in [7, 11) is 0. The highest BCUT2D eigenvalue weighted by atomic mass is 16.2. The molecular formula is C14H27N5O2. The van der Waals surface area contributed by atoms with Crippen molar-refractivity contribution in [2.24, 2.45) is 10.9 Å². The van der Waals surface area contributed by atoms with Gasteiger partial charge in [0.25, 0.3) is 0 Å². The van der Waals surface area contributed by atoms with Gasteiger partial charge in [0, 0.05) is 26.2 Å². The summed E-state index contributed by atoms with van der Waals surface area (Å²) < 4.78 is 0. The van der Waals surface area contributed by atoms with E-state index in [2.05, 4.69) is 34.8 Å². The number of hydrogen-bond acceptors (Lipinski definition) is 3. The highest BCUT2D eigenvalue weighted by Gasteiger charge is 2.27.